The minimum Gasteiger partial charge on any atom is -0.371 e. The van der Waals surface area contributed by atoms with E-state index in [2.05, 4.69) is 15.5 Å². The van der Waals surface area contributed by atoms with Crippen LogP contribution in [-0.4, -0.2) is 30.9 Å². The highest BCUT2D eigenvalue weighted by Crippen LogP contribution is 2.26. The van der Waals surface area contributed by atoms with Gasteiger partial charge in [0, 0.05) is 36.9 Å². The molecule has 4 rings (SSSR count). The molecule has 2 N–H and O–H groups in total. The number of carbonyl (C=O) groups excluding carboxylic acids is 2. The van der Waals surface area contributed by atoms with E-state index in [-0.39, 0.29) is 36.1 Å². The SMILES string of the molecule is CC[C@H](C(=O)NC1CCN(c2ccccc2C(=O)NCc2ccccc2F)CC1)c1ccccc1. The van der Waals surface area contributed by atoms with E-state index in [0.717, 1.165) is 43.6 Å². The van der Waals surface area contributed by atoms with E-state index in [1.165, 1.54) is 6.07 Å². The Morgan fingerprint density at radius 1 is 0.943 bits per heavy atom. The summed E-state index contributed by atoms with van der Waals surface area (Å²) < 4.78 is 13.9. The third-order valence-corrected chi connectivity index (χ3v) is 6.65. The fourth-order valence-corrected chi connectivity index (χ4v) is 4.68. The van der Waals surface area contributed by atoms with Gasteiger partial charge in [0.15, 0.2) is 0 Å². The first-order chi connectivity index (χ1) is 17.1. The van der Waals surface area contributed by atoms with Gasteiger partial charge in [-0.2, -0.15) is 0 Å². The molecule has 1 heterocycles. The van der Waals surface area contributed by atoms with Gasteiger partial charge < -0.3 is 15.5 Å². The molecule has 3 aromatic rings. The normalized spacial score (nSPS) is 14.9. The number of para-hydroxylation sites is 1. The summed E-state index contributed by atoms with van der Waals surface area (Å²) in [6.45, 7) is 3.65. The molecule has 1 aliphatic heterocycles. The average Bonchev–Trinajstić information content (AvgIpc) is 2.89. The standard InChI is InChI=1S/C29H32FN3O2/c1-2-24(21-10-4-3-5-11-21)29(35)32-23-16-18-33(19-17-23)27-15-9-7-13-25(27)28(34)31-20-22-12-6-8-14-26(22)30/h3-15,23-24H,2,16-20H2,1H3,(H,31,34)(H,32,35)/t24-/m0/s1. The molecule has 3 aromatic carbocycles. The van der Waals surface area contributed by atoms with E-state index in [1.54, 1.807) is 24.3 Å². The molecule has 0 radical (unpaired) electrons. The topological polar surface area (TPSA) is 61.4 Å². The number of benzene rings is 3. The molecule has 1 aliphatic rings. The summed E-state index contributed by atoms with van der Waals surface area (Å²) in [6, 6.07) is 24.0. The molecule has 0 aromatic heterocycles. The molecule has 1 atom stereocenters. The van der Waals surface area contributed by atoms with Crippen molar-refractivity contribution in [2.24, 2.45) is 0 Å². The largest absolute Gasteiger partial charge is 0.371 e. The molecule has 2 amide bonds. The molecule has 0 unspecified atom stereocenters. The number of carbonyl (C=O) groups is 2. The van der Waals surface area contributed by atoms with Gasteiger partial charge in [-0.25, -0.2) is 4.39 Å². The van der Waals surface area contributed by atoms with Crippen molar-refractivity contribution in [3.8, 4) is 0 Å². The van der Waals surface area contributed by atoms with Crippen molar-refractivity contribution in [1.29, 1.82) is 0 Å². The summed E-state index contributed by atoms with van der Waals surface area (Å²) in [5.74, 6) is -0.631. The van der Waals surface area contributed by atoms with Crippen molar-refractivity contribution in [1.82, 2.24) is 10.6 Å². The summed E-state index contributed by atoms with van der Waals surface area (Å²) in [5.41, 5.74) is 2.93. The zero-order chi connectivity index (χ0) is 24.6. The zero-order valence-corrected chi connectivity index (χ0v) is 20.0. The number of hydrogen-bond donors (Lipinski definition) is 2. The van der Waals surface area contributed by atoms with Crippen molar-refractivity contribution in [3.63, 3.8) is 0 Å². The van der Waals surface area contributed by atoms with Gasteiger partial charge in [-0.3, -0.25) is 9.59 Å². The van der Waals surface area contributed by atoms with Crippen LogP contribution in [0.1, 0.15) is 53.6 Å². The van der Waals surface area contributed by atoms with Crippen molar-refractivity contribution in [3.05, 3.63) is 101 Å². The second-order valence-electron chi connectivity index (χ2n) is 8.93. The molecule has 1 saturated heterocycles. The lowest BCUT2D eigenvalue weighted by molar-refractivity contribution is -0.123. The molecule has 5 nitrogen and oxygen atoms in total. The van der Waals surface area contributed by atoms with Gasteiger partial charge >= 0.3 is 0 Å². The maximum Gasteiger partial charge on any atom is 0.253 e. The number of rotatable bonds is 8. The van der Waals surface area contributed by atoms with Crippen LogP contribution in [0.4, 0.5) is 10.1 Å². The van der Waals surface area contributed by atoms with Gasteiger partial charge in [0.25, 0.3) is 5.91 Å². The third kappa shape index (κ3) is 6.07. The first kappa shape index (κ1) is 24.5. The number of nitrogens with zero attached hydrogens (tertiary/aromatic N) is 1. The Morgan fingerprint density at radius 3 is 2.31 bits per heavy atom. The smallest absolute Gasteiger partial charge is 0.253 e. The van der Waals surface area contributed by atoms with Gasteiger partial charge in [-0.1, -0.05) is 67.6 Å². The fourth-order valence-electron chi connectivity index (χ4n) is 4.68. The summed E-state index contributed by atoms with van der Waals surface area (Å²) in [4.78, 5) is 28.1. The quantitative estimate of drug-likeness (QED) is 0.482. The van der Waals surface area contributed by atoms with Crippen LogP contribution in [0, 0.1) is 5.82 Å². The van der Waals surface area contributed by atoms with Gasteiger partial charge in [0.2, 0.25) is 5.91 Å². The molecule has 0 bridgehead atoms. The van der Waals surface area contributed by atoms with Crippen molar-refractivity contribution in [2.75, 3.05) is 18.0 Å². The number of anilines is 1. The second kappa shape index (κ2) is 11.6. The Hall–Kier alpha value is -3.67. The predicted octanol–water partition coefficient (Wildman–Crippen LogP) is 5.03. The lowest BCUT2D eigenvalue weighted by Gasteiger charge is -2.35. The van der Waals surface area contributed by atoms with Crippen molar-refractivity contribution < 1.29 is 14.0 Å². The Morgan fingerprint density at radius 2 is 1.60 bits per heavy atom. The van der Waals surface area contributed by atoms with Crippen LogP contribution >= 0.6 is 0 Å². The molecule has 0 saturated carbocycles. The van der Waals surface area contributed by atoms with Crippen LogP contribution in [0.25, 0.3) is 0 Å². The molecule has 182 valence electrons. The number of piperidine rings is 1. The van der Waals surface area contributed by atoms with Crippen LogP contribution in [-0.2, 0) is 11.3 Å². The summed E-state index contributed by atoms with van der Waals surface area (Å²) in [6.07, 6.45) is 2.37. The summed E-state index contributed by atoms with van der Waals surface area (Å²) in [5, 5.41) is 6.08. The molecule has 6 heteroatoms. The molecular formula is C29H32FN3O2. The van der Waals surface area contributed by atoms with Crippen LogP contribution < -0.4 is 15.5 Å². The van der Waals surface area contributed by atoms with E-state index in [4.69, 9.17) is 0 Å². The maximum absolute atomic E-state index is 13.9. The number of halogens is 1. The van der Waals surface area contributed by atoms with Gasteiger partial charge in [-0.05, 0) is 43.0 Å². The van der Waals surface area contributed by atoms with Crippen molar-refractivity contribution >= 4 is 17.5 Å². The highest BCUT2D eigenvalue weighted by Gasteiger charge is 2.26. The van der Waals surface area contributed by atoms with Crippen LogP contribution in [0.5, 0.6) is 0 Å². The Bertz CT molecular complexity index is 1140. The molecule has 0 spiro atoms. The highest BCUT2D eigenvalue weighted by molar-refractivity contribution is 5.99. The zero-order valence-electron chi connectivity index (χ0n) is 20.0. The van der Waals surface area contributed by atoms with Gasteiger partial charge in [-0.15, -0.1) is 0 Å². The number of nitrogens with one attached hydrogen (secondary N) is 2. The predicted molar refractivity (Wildman–Crippen MR) is 137 cm³/mol. The minimum absolute atomic E-state index is 0.0741. The van der Waals surface area contributed by atoms with Crippen LogP contribution in [0.2, 0.25) is 0 Å². The molecule has 1 fully saturated rings. The second-order valence-corrected chi connectivity index (χ2v) is 8.93. The number of amides is 2. The Balaban J connectivity index is 1.35. The lowest BCUT2D eigenvalue weighted by atomic mass is 9.94. The fraction of sp³-hybridized carbons (Fsp3) is 0.310. The first-order valence-corrected chi connectivity index (χ1v) is 12.3. The number of hydrogen-bond acceptors (Lipinski definition) is 3. The first-order valence-electron chi connectivity index (χ1n) is 12.3. The molecule has 0 aliphatic carbocycles. The third-order valence-electron chi connectivity index (χ3n) is 6.65. The summed E-state index contributed by atoms with van der Waals surface area (Å²) in [7, 11) is 0. The molecular weight excluding hydrogens is 441 g/mol. The van der Waals surface area contributed by atoms with E-state index in [1.807, 2.05) is 55.5 Å². The highest BCUT2D eigenvalue weighted by atomic mass is 19.1. The van der Waals surface area contributed by atoms with E-state index in [9.17, 15) is 14.0 Å². The van der Waals surface area contributed by atoms with Crippen LogP contribution in [0.15, 0.2) is 78.9 Å². The van der Waals surface area contributed by atoms with Gasteiger partial charge in [0.05, 0.1) is 11.5 Å². The Kier molecular flexibility index (Phi) is 8.14. The van der Waals surface area contributed by atoms with E-state index in [0.29, 0.717) is 11.1 Å². The van der Waals surface area contributed by atoms with Crippen molar-refractivity contribution in [2.45, 2.75) is 44.7 Å². The monoisotopic (exact) mass is 473 g/mol. The maximum atomic E-state index is 13.9. The average molecular weight is 474 g/mol. The lowest BCUT2D eigenvalue weighted by Crippen LogP contribution is -2.46. The summed E-state index contributed by atoms with van der Waals surface area (Å²) >= 11 is 0. The minimum atomic E-state index is -0.331. The Labute approximate surface area is 206 Å². The molecule has 35 heavy (non-hydrogen) atoms. The van der Waals surface area contributed by atoms with E-state index < -0.39 is 0 Å². The van der Waals surface area contributed by atoms with E-state index >= 15 is 0 Å². The van der Waals surface area contributed by atoms with Gasteiger partial charge in [0.1, 0.15) is 5.82 Å². The van der Waals surface area contributed by atoms with Crippen LogP contribution in [0.3, 0.4) is 0 Å².